The Bertz CT molecular complexity index is 1710. The minimum Gasteiger partial charge on any atom is -0.530 e. The summed E-state index contributed by atoms with van der Waals surface area (Å²) in [5.74, 6) is 0.512. The van der Waals surface area contributed by atoms with E-state index in [1.165, 1.54) is 22.5 Å². The number of aliphatic hydroxyl groups excluding tert-OH is 1. The molecule has 0 aromatic heterocycles. The van der Waals surface area contributed by atoms with Crippen molar-refractivity contribution in [2.45, 2.75) is 95.1 Å². The van der Waals surface area contributed by atoms with Crippen molar-refractivity contribution < 1.29 is 50.8 Å². The highest BCUT2D eigenvalue weighted by Gasteiger charge is 2.47. The van der Waals surface area contributed by atoms with Crippen molar-refractivity contribution in [2.75, 3.05) is 45.4 Å². The Labute approximate surface area is 307 Å². The molecule has 0 saturated carbocycles. The molecule has 1 amide bonds. The van der Waals surface area contributed by atoms with Crippen molar-refractivity contribution in [2.24, 2.45) is 11.3 Å². The Hall–Kier alpha value is -2.99. The van der Waals surface area contributed by atoms with Gasteiger partial charge < -0.3 is 38.9 Å². The van der Waals surface area contributed by atoms with Gasteiger partial charge in [-0.1, -0.05) is 63.9 Å². The third kappa shape index (κ3) is 10.2. The highest BCUT2D eigenvalue weighted by atomic mass is 32.2. The van der Waals surface area contributed by atoms with Crippen LogP contribution < -0.4 is 19.3 Å². The quantitative estimate of drug-likeness (QED) is 0.189. The summed E-state index contributed by atoms with van der Waals surface area (Å²) < 4.78 is 79.5. The molecule has 0 radical (unpaired) electrons. The molecular weight excluding hydrogens is 715 g/mol. The topological polar surface area (TPSA) is 184 Å². The van der Waals surface area contributed by atoms with Crippen molar-refractivity contribution in [1.82, 2.24) is 13.9 Å². The fourth-order valence-corrected chi connectivity index (χ4v) is 10.1. The number of unbranched alkanes of at least 4 members (excludes halogenated alkanes) is 2. The smallest absolute Gasteiger partial charge is 0.243 e. The first-order chi connectivity index (χ1) is 24.7. The number of amides is 1. The van der Waals surface area contributed by atoms with Gasteiger partial charge in [-0.3, -0.25) is 0 Å². The van der Waals surface area contributed by atoms with Gasteiger partial charge in [-0.05, 0) is 55.2 Å². The third-order valence-corrected chi connectivity index (χ3v) is 13.3. The fourth-order valence-electron chi connectivity index (χ4n) is 7.20. The molecule has 2 fully saturated rings. The highest BCUT2D eigenvalue weighted by Crippen LogP contribution is 2.38. The van der Waals surface area contributed by atoms with Gasteiger partial charge in [0, 0.05) is 31.6 Å². The predicted octanol–water partition coefficient (Wildman–Crippen LogP) is 2.70. The number of carbonyl (C=O) groups is 1. The van der Waals surface area contributed by atoms with E-state index < -0.39 is 62.6 Å². The first kappa shape index (κ1) is 40.2. The van der Waals surface area contributed by atoms with Crippen LogP contribution in [0.25, 0.3) is 0 Å². The first-order valence-electron chi connectivity index (χ1n) is 18.0. The van der Waals surface area contributed by atoms with Crippen LogP contribution in [0, 0.1) is 11.3 Å². The van der Waals surface area contributed by atoms with Crippen LogP contribution in [-0.4, -0.2) is 107 Å². The van der Waals surface area contributed by atoms with Crippen LogP contribution in [0.1, 0.15) is 64.9 Å². The van der Waals surface area contributed by atoms with E-state index in [1.807, 2.05) is 51.1 Å². The van der Waals surface area contributed by atoms with Gasteiger partial charge in [0.05, 0.1) is 42.0 Å². The molecule has 2 N–H and O–H groups in total. The summed E-state index contributed by atoms with van der Waals surface area (Å²) >= 11 is 0. The number of sulfonamides is 2. The van der Waals surface area contributed by atoms with Crippen LogP contribution in [0.3, 0.4) is 0 Å². The normalized spacial score (nSPS) is 21.3. The molecule has 2 aromatic rings. The number of hydrogen-bond acceptors (Lipinski definition) is 11. The number of hydrogen-bond donors (Lipinski definition) is 2. The number of fused-ring (bicyclic) bond motifs is 2. The first-order valence-corrected chi connectivity index (χ1v) is 21.1. The molecule has 0 bridgehead atoms. The van der Waals surface area contributed by atoms with E-state index >= 15 is 0 Å². The zero-order valence-electron chi connectivity index (χ0n) is 30.1. The molecule has 2 saturated heterocycles. The van der Waals surface area contributed by atoms with Gasteiger partial charge in [-0.2, -0.15) is 4.31 Å². The lowest BCUT2D eigenvalue weighted by Gasteiger charge is -2.43. The second kappa shape index (κ2) is 17.4. The molecule has 14 nitrogen and oxygen atoms in total. The molecule has 16 heteroatoms. The van der Waals surface area contributed by atoms with Crippen molar-refractivity contribution >= 4 is 26.1 Å². The third-order valence-electron chi connectivity index (χ3n) is 10.0. The Kier molecular flexibility index (Phi) is 13.5. The van der Waals surface area contributed by atoms with Gasteiger partial charge in [0.2, 0.25) is 26.8 Å². The van der Waals surface area contributed by atoms with Crippen molar-refractivity contribution in [3.05, 3.63) is 54.1 Å². The van der Waals surface area contributed by atoms with Crippen molar-refractivity contribution in [3.63, 3.8) is 0 Å². The Morgan fingerprint density at radius 1 is 1.04 bits per heavy atom. The molecule has 3 aliphatic heterocycles. The van der Waals surface area contributed by atoms with Gasteiger partial charge in [0.15, 0.2) is 17.8 Å². The summed E-state index contributed by atoms with van der Waals surface area (Å²) in [4.78, 5) is 14.0. The molecule has 3 heterocycles. The number of aliphatic hydroxyl groups is 1. The lowest BCUT2D eigenvalue weighted by atomic mass is 9.87. The Morgan fingerprint density at radius 3 is 2.52 bits per heavy atom. The molecule has 5 rings (SSSR count). The number of benzene rings is 2. The van der Waals surface area contributed by atoms with Gasteiger partial charge in [-0.15, -0.1) is 0 Å². The molecule has 3 aliphatic rings. The van der Waals surface area contributed by atoms with Crippen molar-refractivity contribution in [3.8, 4) is 11.5 Å². The maximum atomic E-state index is 14.5. The lowest BCUT2D eigenvalue weighted by Crippen LogP contribution is -2.61. The summed E-state index contributed by atoms with van der Waals surface area (Å²) in [6.07, 6.45) is 0.232. The molecule has 0 aliphatic carbocycles. The Balaban J connectivity index is 1.40. The summed E-state index contributed by atoms with van der Waals surface area (Å²) in [6, 6.07) is 11.7. The number of nitrogens with zero attached hydrogens (tertiary/aromatic N) is 2. The second-order valence-electron chi connectivity index (χ2n) is 14.6. The van der Waals surface area contributed by atoms with E-state index in [4.69, 9.17) is 18.9 Å². The predicted molar refractivity (Wildman–Crippen MR) is 190 cm³/mol. The zero-order chi connectivity index (χ0) is 37.5. The molecule has 0 unspecified atom stereocenters. The molecule has 290 valence electrons. The van der Waals surface area contributed by atoms with E-state index in [0.29, 0.717) is 44.5 Å². The maximum Gasteiger partial charge on any atom is 0.243 e. The minimum atomic E-state index is -4.28. The van der Waals surface area contributed by atoms with E-state index in [0.717, 1.165) is 16.9 Å². The molecule has 52 heavy (non-hydrogen) atoms. The SMILES string of the molecule is CCCCS(=O)(=O)NCCCCC(C)(C)CN(C[C@@H](O)[C@H](Cc1ccccc1)N(C(=O)[O-])[C@H]1CO[C@H]2OCC[C@H]21)S(=O)(=O)c1ccc2c(c1)OCO2. The lowest BCUT2D eigenvalue weighted by molar-refractivity contribution is -0.273. The average Bonchev–Trinajstić information content (AvgIpc) is 3.85. The van der Waals surface area contributed by atoms with Gasteiger partial charge in [0.1, 0.15) is 6.09 Å². The van der Waals surface area contributed by atoms with E-state index in [1.54, 1.807) is 0 Å². The largest absolute Gasteiger partial charge is 0.530 e. The van der Waals surface area contributed by atoms with E-state index in [2.05, 4.69) is 4.72 Å². The van der Waals surface area contributed by atoms with E-state index in [-0.39, 0.29) is 55.2 Å². The van der Waals surface area contributed by atoms with Crippen LogP contribution in [0.4, 0.5) is 4.79 Å². The van der Waals surface area contributed by atoms with Crippen LogP contribution >= 0.6 is 0 Å². The highest BCUT2D eigenvalue weighted by molar-refractivity contribution is 7.89. The summed E-state index contributed by atoms with van der Waals surface area (Å²) in [5, 5.41) is 25.0. The number of carbonyl (C=O) groups excluding carboxylic acids is 1. The maximum absolute atomic E-state index is 14.5. The van der Waals surface area contributed by atoms with Gasteiger partial charge >= 0.3 is 0 Å². The van der Waals surface area contributed by atoms with Gasteiger partial charge in [0.25, 0.3) is 0 Å². The summed E-state index contributed by atoms with van der Waals surface area (Å²) in [5.41, 5.74) is 0.132. The standard InChI is InChI=1S/C36H53N3O11S2/c1-4-5-19-51(43,44)37-17-10-9-16-36(2,3)24-38(52(45,46)27-13-14-32-33(21-27)50-25-49-32)22-31(40)29(20-26-11-7-6-8-12-26)39(35(41)42)30-23-48-34-28(30)15-18-47-34/h6-8,11-14,21,28-31,34,37,40H,4-5,9-10,15-20,22-25H2,1-3H3,(H,41,42)/p-1/t28-,29-,30-,31+,34+/m0/s1. The van der Waals surface area contributed by atoms with Crippen LogP contribution in [0.5, 0.6) is 11.5 Å². The number of rotatable bonds is 20. The Morgan fingerprint density at radius 2 is 1.79 bits per heavy atom. The fraction of sp³-hybridized carbons (Fsp3) is 0.639. The van der Waals surface area contributed by atoms with Gasteiger partial charge in [-0.25, -0.2) is 21.6 Å². The second-order valence-corrected chi connectivity index (χ2v) is 18.5. The number of nitrogens with one attached hydrogen (secondary N) is 1. The summed E-state index contributed by atoms with van der Waals surface area (Å²) in [6.45, 7) is 6.03. The number of ether oxygens (including phenoxy) is 4. The molecule has 5 atom stereocenters. The minimum absolute atomic E-state index is 0.0163. The van der Waals surface area contributed by atoms with Crippen LogP contribution in [-0.2, 0) is 35.9 Å². The zero-order valence-corrected chi connectivity index (χ0v) is 31.8. The van der Waals surface area contributed by atoms with Crippen LogP contribution in [0.2, 0.25) is 0 Å². The molecule has 0 spiro atoms. The molecule has 2 aromatic carbocycles. The monoisotopic (exact) mass is 766 g/mol. The summed E-state index contributed by atoms with van der Waals surface area (Å²) in [7, 11) is -7.63. The number of carboxylic acid groups (broad SMARTS) is 1. The average molecular weight is 767 g/mol. The van der Waals surface area contributed by atoms with E-state index in [9.17, 15) is 31.8 Å². The van der Waals surface area contributed by atoms with Crippen molar-refractivity contribution in [1.29, 1.82) is 0 Å². The van der Waals surface area contributed by atoms with Crippen LogP contribution in [0.15, 0.2) is 53.4 Å². The molecular formula is C36H52N3O11S2-.